The fourth-order valence-electron chi connectivity index (χ4n) is 1.58. The zero-order valence-electron chi connectivity index (χ0n) is 9.67. The molecule has 15 heavy (non-hydrogen) atoms. The van der Waals surface area contributed by atoms with E-state index >= 15 is 0 Å². The molecule has 0 spiro atoms. The predicted molar refractivity (Wildman–Crippen MR) is 75.0 cm³/mol. The van der Waals surface area contributed by atoms with E-state index in [0.29, 0.717) is 0 Å². The van der Waals surface area contributed by atoms with Gasteiger partial charge in [-0.25, -0.2) is 0 Å². The quantitative estimate of drug-likeness (QED) is 0.719. The Hall–Kier alpha value is -0.0900. The lowest BCUT2D eigenvalue weighted by Crippen LogP contribution is -2.23. The summed E-state index contributed by atoms with van der Waals surface area (Å²) < 4.78 is 1.31. The van der Waals surface area contributed by atoms with Crippen molar-refractivity contribution in [2.24, 2.45) is 0 Å². The highest BCUT2D eigenvalue weighted by atomic mass is 127. The molecule has 0 heterocycles. The van der Waals surface area contributed by atoms with Crippen molar-refractivity contribution < 1.29 is 0 Å². The van der Waals surface area contributed by atoms with Gasteiger partial charge >= 0.3 is 0 Å². The monoisotopic (exact) mass is 317 g/mol. The summed E-state index contributed by atoms with van der Waals surface area (Å²) in [5.41, 5.74) is 1.42. The highest BCUT2D eigenvalue weighted by Gasteiger charge is 2.02. The zero-order valence-corrected chi connectivity index (χ0v) is 11.8. The maximum Gasteiger partial charge on any atom is 0.0233 e. The third-order valence-corrected chi connectivity index (χ3v) is 3.31. The highest BCUT2D eigenvalue weighted by Crippen LogP contribution is 2.09. The van der Waals surface area contributed by atoms with Crippen LogP contribution < -0.4 is 0 Å². The maximum absolute atomic E-state index is 2.51. The SMILES string of the molecule is CCCCN(CC)Cc1ccc(I)cc1. The number of rotatable bonds is 6. The van der Waals surface area contributed by atoms with Crippen LogP contribution in [0.5, 0.6) is 0 Å². The average Bonchev–Trinajstić information content (AvgIpc) is 2.27. The van der Waals surface area contributed by atoms with E-state index in [0.717, 1.165) is 13.1 Å². The molecule has 0 amide bonds. The van der Waals surface area contributed by atoms with Crippen molar-refractivity contribution in [3.8, 4) is 0 Å². The van der Waals surface area contributed by atoms with Crippen LogP contribution in [0.1, 0.15) is 32.3 Å². The Labute approximate surface area is 107 Å². The summed E-state index contributed by atoms with van der Waals surface area (Å²) in [5.74, 6) is 0. The van der Waals surface area contributed by atoms with Crippen LogP contribution in [0, 0.1) is 3.57 Å². The minimum absolute atomic E-state index is 1.09. The van der Waals surface area contributed by atoms with Crippen molar-refractivity contribution >= 4 is 22.6 Å². The fraction of sp³-hybridized carbons (Fsp3) is 0.538. The highest BCUT2D eigenvalue weighted by molar-refractivity contribution is 14.1. The van der Waals surface area contributed by atoms with Crippen LogP contribution in [-0.2, 0) is 6.54 Å². The van der Waals surface area contributed by atoms with Gasteiger partial charge < -0.3 is 0 Å². The lowest BCUT2D eigenvalue weighted by atomic mass is 10.2. The summed E-state index contributed by atoms with van der Waals surface area (Å²) in [7, 11) is 0. The standard InChI is InChI=1S/C13H20IN/c1-3-5-10-15(4-2)11-12-6-8-13(14)9-7-12/h6-9H,3-5,10-11H2,1-2H3. The van der Waals surface area contributed by atoms with Crippen LogP contribution >= 0.6 is 22.6 Å². The summed E-state index contributed by atoms with van der Waals surface area (Å²) >= 11 is 2.35. The molecule has 0 aliphatic carbocycles. The Morgan fingerprint density at radius 1 is 1.13 bits per heavy atom. The first-order valence-electron chi connectivity index (χ1n) is 5.73. The Kier molecular flexibility index (Phi) is 6.25. The van der Waals surface area contributed by atoms with Gasteiger partial charge in [-0.1, -0.05) is 32.4 Å². The molecule has 0 fully saturated rings. The first-order chi connectivity index (χ1) is 7.26. The van der Waals surface area contributed by atoms with Gasteiger partial charge in [-0.3, -0.25) is 4.90 Å². The van der Waals surface area contributed by atoms with Crippen LogP contribution in [0.25, 0.3) is 0 Å². The Bertz CT molecular complexity index is 268. The molecule has 84 valence electrons. The van der Waals surface area contributed by atoms with Crippen LogP contribution in [0.4, 0.5) is 0 Å². The van der Waals surface area contributed by atoms with Crippen molar-refractivity contribution in [3.05, 3.63) is 33.4 Å². The molecular formula is C13H20IN. The predicted octanol–water partition coefficient (Wildman–Crippen LogP) is 3.91. The van der Waals surface area contributed by atoms with Crippen molar-refractivity contribution in [1.82, 2.24) is 4.90 Å². The van der Waals surface area contributed by atoms with Gasteiger partial charge in [0.2, 0.25) is 0 Å². The molecule has 0 radical (unpaired) electrons. The third-order valence-electron chi connectivity index (χ3n) is 2.59. The number of hydrogen-bond donors (Lipinski definition) is 0. The number of benzene rings is 1. The molecule has 0 aliphatic heterocycles. The molecule has 1 nitrogen and oxygen atoms in total. The largest absolute Gasteiger partial charge is 0.299 e. The van der Waals surface area contributed by atoms with E-state index in [9.17, 15) is 0 Å². The molecule has 0 bridgehead atoms. The molecule has 2 heteroatoms. The topological polar surface area (TPSA) is 3.24 Å². The number of halogens is 1. The zero-order chi connectivity index (χ0) is 11.1. The molecule has 1 aromatic rings. The fourth-order valence-corrected chi connectivity index (χ4v) is 1.94. The van der Waals surface area contributed by atoms with Gasteiger partial charge in [0.15, 0.2) is 0 Å². The summed E-state index contributed by atoms with van der Waals surface area (Å²) in [5, 5.41) is 0. The first kappa shape index (κ1) is 13.0. The van der Waals surface area contributed by atoms with Gasteiger partial charge in [0.05, 0.1) is 0 Å². The second-order valence-electron chi connectivity index (χ2n) is 3.85. The van der Waals surface area contributed by atoms with E-state index in [1.807, 2.05) is 0 Å². The minimum atomic E-state index is 1.09. The molecule has 0 N–H and O–H groups in total. The molecule has 0 aromatic heterocycles. The lowest BCUT2D eigenvalue weighted by molar-refractivity contribution is 0.275. The first-order valence-corrected chi connectivity index (χ1v) is 6.81. The summed E-state index contributed by atoms with van der Waals surface area (Å²) in [6, 6.07) is 8.83. The van der Waals surface area contributed by atoms with Gasteiger partial charge in [-0.05, 0) is 59.8 Å². The number of nitrogens with zero attached hydrogens (tertiary/aromatic N) is 1. The second-order valence-corrected chi connectivity index (χ2v) is 5.09. The Morgan fingerprint density at radius 2 is 1.80 bits per heavy atom. The average molecular weight is 317 g/mol. The van der Waals surface area contributed by atoms with Gasteiger partial charge in [0, 0.05) is 10.1 Å². The van der Waals surface area contributed by atoms with Gasteiger partial charge in [0.25, 0.3) is 0 Å². The molecule has 1 aromatic carbocycles. The van der Waals surface area contributed by atoms with E-state index in [4.69, 9.17) is 0 Å². The van der Waals surface area contributed by atoms with Crippen molar-refractivity contribution in [3.63, 3.8) is 0 Å². The maximum atomic E-state index is 2.51. The third kappa shape index (κ3) is 4.98. The molecule has 0 unspecified atom stereocenters. The normalized spacial score (nSPS) is 10.9. The second kappa shape index (κ2) is 7.23. The van der Waals surface area contributed by atoms with Crippen molar-refractivity contribution in [2.75, 3.05) is 13.1 Å². The van der Waals surface area contributed by atoms with Crippen molar-refractivity contribution in [2.45, 2.75) is 33.2 Å². The Morgan fingerprint density at radius 3 is 2.33 bits per heavy atom. The number of hydrogen-bond acceptors (Lipinski definition) is 1. The van der Waals surface area contributed by atoms with Crippen LogP contribution in [0.3, 0.4) is 0 Å². The molecule has 0 saturated carbocycles. The smallest absolute Gasteiger partial charge is 0.0233 e. The van der Waals surface area contributed by atoms with E-state index in [1.54, 1.807) is 0 Å². The summed E-state index contributed by atoms with van der Waals surface area (Å²) in [4.78, 5) is 2.51. The van der Waals surface area contributed by atoms with Gasteiger partial charge in [-0.15, -0.1) is 0 Å². The van der Waals surface area contributed by atoms with E-state index in [1.165, 1.54) is 28.5 Å². The Balaban J connectivity index is 2.47. The lowest BCUT2D eigenvalue weighted by Gasteiger charge is -2.20. The van der Waals surface area contributed by atoms with Crippen LogP contribution in [0.2, 0.25) is 0 Å². The molecular weight excluding hydrogens is 297 g/mol. The molecule has 0 aliphatic rings. The van der Waals surface area contributed by atoms with Crippen LogP contribution in [-0.4, -0.2) is 18.0 Å². The minimum Gasteiger partial charge on any atom is -0.299 e. The molecule has 0 atom stereocenters. The molecule has 1 rings (SSSR count). The summed E-state index contributed by atoms with van der Waals surface area (Å²) in [6.07, 6.45) is 2.58. The van der Waals surface area contributed by atoms with Gasteiger partial charge in [-0.2, -0.15) is 0 Å². The number of unbranched alkanes of at least 4 members (excludes halogenated alkanes) is 1. The van der Waals surface area contributed by atoms with E-state index in [2.05, 4.69) is 65.6 Å². The summed E-state index contributed by atoms with van der Waals surface area (Å²) in [6.45, 7) is 7.94. The molecule has 0 saturated heterocycles. The van der Waals surface area contributed by atoms with E-state index in [-0.39, 0.29) is 0 Å². The van der Waals surface area contributed by atoms with Crippen molar-refractivity contribution in [1.29, 1.82) is 0 Å². The van der Waals surface area contributed by atoms with E-state index < -0.39 is 0 Å². The van der Waals surface area contributed by atoms with Gasteiger partial charge in [0.1, 0.15) is 0 Å². The van der Waals surface area contributed by atoms with Crippen LogP contribution in [0.15, 0.2) is 24.3 Å².